The summed E-state index contributed by atoms with van der Waals surface area (Å²) in [5.41, 5.74) is 0.915. The van der Waals surface area contributed by atoms with Gasteiger partial charge < -0.3 is 5.11 Å². The van der Waals surface area contributed by atoms with E-state index in [0.29, 0.717) is 12.5 Å². The van der Waals surface area contributed by atoms with E-state index in [0.717, 1.165) is 37.8 Å². The first-order chi connectivity index (χ1) is 8.50. The molecule has 0 aromatic heterocycles. The smallest absolute Gasteiger partial charge is 0.304 e. The first-order valence-corrected chi connectivity index (χ1v) is 8.04. The summed E-state index contributed by atoms with van der Waals surface area (Å²) in [7, 11) is -3.46. The summed E-state index contributed by atoms with van der Waals surface area (Å²) in [5, 5.41) is 8.61. The average Bonchev–Trinajstić information content (AvgIpc) is 2.36. The topological polar surface area (TPSA) is 74.7 Å². The highest BCUT2D eigenvalue weighted by Gasteiger charge is 2.33. The van der Waals surface area contributed by atoms with Gasteiger partial charge in [0.15, 0.2) is 0 Å². The normalized spacial score (nSPS) is 24.3. The molecule has 0 aromatic rings. The molecule has 0 amide bonds. The van der Waals surface area contributed by atoms with Crippen molar-refractivity contribution >= 4 is 16.0 Å². The maximum Gasteiger partial charge on any atom is 0.304 e. The van der Waals surface area contributed by atoms with Gasteiger partial charge in [0.1, 0.15) is 0 Å². The number of sulfonamides is 1. The average molecular weight is 273 g/mol. The molecule has 5 nitrogen and oxygen atoms in total. The Bertz CT molecular complexity index is 455. The molecular formula is C12H19NO4S. The quantitative estimate of drug-likeness (QED) is 0.843. The zero-order chi connectivity index (χ0) is 13.2. The molecule has 1 heterocycles. The van der Waals surface area contributed by atoms with Crippen molar-refractivity contribution < 1.29 is 18.3 Å². The van der Waals surface area contributed by atoms with Gasteiger partial charge >= 0.3 is 5.97 Å². The lowest BCUT2D eigenvalue weighted by Crippen LogP contribution is -2.40. The van der Waals surface area contributed by atoms with Crippen molar-refractivity contribution in [1.29, 1.82) is 0 Å². The number of carbonyl (C=O) groups is 1. The SMILES string of the molecule is O=C(O)CCS(=O)(=O)N1CCCC2CCCC=C21. The van der Waals surface area contributed by atoms with Crippen molar-refractivity contribution in [2.45, 2.75) is 38.5 Å². The maximum atomic E-state index is 12.2. The summed E-state index contributed by atoms with van der Waals surface area (Å²) < 4.78 is 25.8. The van der Waals surface area contributed by atoms with Crippen LogP contribution in [-0.2, 0) is 14.8 Å². The second-order valence-electron chi connectivity index (χ2n) is 4.93. The van der Waals surface area contributed by atoms with Gasteiger partial charge in [0.25, 0.3) is 0 Å². The Labute approximate surface area is 108 Å². The van der Waals surface area contributed by atoms with E-state index in [2.05, 4.69) is 0 Å². The molecule has 0 aromatic carbocycles. The molecule has 1 aliphatic heterocycles. The summed E-state index contributed by atoms with van der Waals surface area (Å²) in [6, 6.07) is 0. The molecule has 2 aliphatic rings. The second kappa shape index (κ2) is 5.30. The van der Waals surface area contributed by atoms with Gasteiger partial charge in [-0.25, -0.2) is 8.42 Å². The molecular weight excluding hydrogens is 254 g/mol. The van der Waals surface area contributed by atoms with Crippen LogP contribution in [0.3, 0.4) is 0 Å². The van der Waals surface area contributed by atoms with Gasteiger partial charge in [-0.1, -0.05) is 6.08 Å². The van der Waals surface area contributed by atoms with Crippen molar-refractivity contribution in [3.63, 3.8) is 0 Å². The van der Waals surface area contributed by atoms with Crippen LogP contribution in [0, 0.1) is 5.92 Å². The molecule has 18 heavy (non-hydrogen) atoms. The lowest BCUT2D eigenvalue weighted by atomic mass is 9.86. The first-order valence-electron chi connectivity index (χ1n) is 6.43. The predicted molar refractivity (Wildman–Crippen MR) is 67.4 cm³/mol. The number of aliphatic carboxylic acids is 1. The van der Waals surface area contributed by atoms with Crippen molar-refractivity contribution in [2.75, 3.05) is 12.3 Å². The van der Waals surface area contributed by atoms with E-state index in [-0.39, 0.29) is 12.2 Å². The minimum absolute atomic E-state index is 0.299. The molecule has 1 fully saturated rings. The molecule has 1 unspecified atom stereocenters. The Balaban J connectivity index is 2.15. The van der Waals surface area contributed by atoms with E-state index in [1.54, 1.807) is 0 Å². The molecule has 1 aliphatic carbocycles. The van der Waals surface area contributed by atoms with Crippen molar-refractivity contribution in [2.24, 2.45) is 5.92 Å². The number of carboxylic acid groups (broad SMARTS) is 1. The molecule has 6 heteroatoms. The Hall–Kier alpha value is -1.04. The molecule has 102 valence electrons. The van der Waals surface area contributed by atoms with Gasteiger partial charge in [0.2, 0.25) is 10.0 Å². The molecule has 0 saturated carbocycles. The van der Waals surface area contributed by atoms with E-state index in [4.69, 9.17) is 5.11 Å². The van der Waals surface area contributed by atoms with Gasteiger partial charge in [-0.2, -0.15) is 0 Å². The maximum absolute atomic E-state index is 12.2. The molecule has 0 radical (unpaired) electrons. The summed E-state index contributed by atoms with van der Waals surface area (Å²) in [6.07, 6.45) is 6.72. The van der Waals surface area contributed by atoms with Gasteiger partial charge in [-0.05, 0) is 38.0 Å². The number of hydrogen-bond acceptors (Lipinski definition) is 3. The third-order valence-corrected chi connectivity index (χ3v) is 5.42. The summed E-state index contributed by atoms with van der Waals surface area (Å²) in [6.45, 7) is 0.504. The first kappa shape index (κ1) is 13.4. The van der Waals surface area contributed by atoms with Crippen LogP contribution in [0.5, 0.6) is 0 Å². The minimum Gasteiger partial charge on any atom is -0.481 e. The Morgan fingerprint density at radius 1 is 1.39 bits per heavy atom. The van der Waals surface area contributed by atoms with Crippen LogP contribution in [0.25, 0.3) is 0 Å². The van der Waals surface area contributed by atoms with Crippen LogP contribution in [-0.4, -0.2) is 36.1 Å². The van der Waals surface area contributed by atoms with Crippen LogP contribution >= 0.6 is 0 Å². The number of piperidine rings is 1. The Morgan fingerprint density at radius 3 is 2.83 bits per heavy atom. The van der Waals surface area contributed by atoms with Gasteiger partial charge in [-0.15, -0.1) is 0 Å². The van der Waals surface area contributed by atoms with Crippen molar-refractivity contribution in [3.05, 3.63) is 11.8 Å². The number of rotatable bonds is 4. The van der Waals surface area contributed by atoms with Crippen molar-refractivity contribution in [1.82, 2.24) is 4.31 Å². The Morgan fingerprint density at radius 2 is 2.11 bits per heavy atom. The van der Waals surface area contributed by atoms with Gasteiger partial charge in [0.05, 0.1) is 12.2 Å². The van der Waals surface area contributed by atoms with Crippen LogP contribution < -0.4 is 0 Å². The fraction of sp³-hybridized carbons (Fsp3) is 0.750. The largest absolute Gasteiger partial charge is 0.481 e. The van der Waals surface area contributed by atoms with Gasteiger partial charge in [-0.3, -0.25) is 9.10 Å². The fourth-order valence-electron chi connectivity index (χ4n) is 2.76. The lowest BCUT2D eigenvalue weighted by Gasteiger charge is -2.38. The highest BCUT2D eigenvalue weighted by atomic mass is 32.2. The zero-order valence-corrected chi connectivity index (χ0v) is 11.2. The van der Waals surface area contributed by atoms with Crippen molar-refractivity contribution in [3.8, 4) is 0 Å². The highest BCUT2D eigenvalue weighted by Crippen LogP contribution is 2.36. The van der Waals surface area contributed by atoms with E-state index in [9.17, 15) is 13.2 Å². The third kappa shape index (κ3) is 2.85. The number of allylic oxidation sites excluding steroid dienone is 2. The van der Waals surface area contributed by atoms with E-state index >= 15 is 0 Å². The number of nitrogens with zero attached hydrogens (tertiary/aromatic N) is 1. The van der Waals surface area contributed by atoms with Crippen LogP contribution in [0.1, 0.15) is 38.5 Å². The van der Waals surface area contributed by atoms with E-state index in [1.807, 2.05) is 6.08 Å². The standard InChI is InChI=1S/C12H19NO4S/c14-12(15)7-9-18(16,17)13-8-3-5-10-4-1-2-6-11(10)13/h6,10H,1-5,7-9H2,(H,14,15). The monoisotopic (exact) mass is 273 g/mol. The summed E-state index contributed by atoms with van der Waals surface area (Å²) >= 11 is 0. The number of carboxylic acids is 1. The predicted octanol–water partition coefficient (Wildman–Crippen LogP) is 1.57. The number of hydrogen-bond donors (Lipinski definition) is 1. The number of fused-ring (bicyclic) bond motifs is 1. The Kier molecular flexibility index (Phi) is 3.94. The molecule has 1 atom stereocenters. The molecule has 1 N–H and O–H groups in total. The molecule has 0 spiro atoms. The summed E-state index contributed by atoms with van der Waals surface area (Å²) in [5.74, 6) is -1.01. The minimum atomic E-state index is -3.46. The summed E-state index contributed by atoms with van der Waals surface area (Å²) in [4.78, 5) is 10.5. The molecule has 2 rings (SSSR count). The second-order valence-corrected chi connectivity index (χ2v) is 6.94. The van der Waals surface area contributed by atoms with E-state index < -0.39 is 16.0 Å². The molecule has 1 saturated heterocycles. The highest BCUT2D eigenvalue weighted by molar-refractivity contribution is 7.89. The van der Waals surface area contributed by atoms with Crippen LogP contribution in [0.2, 0.25) is 0 Å². The fourth-order valence-corrected chi connectivity index (χ4v) is 4.37. The zero-order valence-electron chi connectivity index (χ0n) is 10.3. The van der Waals surface area contributed by atoms with Gasteiger partial charge in [0, 0.05) is 12.2 Å². The lowest BCUT2D eigenvalue weighted by molar-refractivity contribution is -0.136. The van der Waals surface area contributed by atoms with Crippen LogP contribution in [0.15, 0.2) is 11.8 Å². The van der Waals surface area contributed by atoms with Crippen LogP contribution in [0.4, 0.5) is 0 Å². The van der Waals surface area contributed by atoms with E-state index in [1.165, 1.54) is 4.31 Å². The third-order valence-electron chi connectivity index (χ3n) is 3.64. The molecule has 0 bridgehead atoms.